The molecule has 1 aliphatic heterocycles. The van der Waals surface area contributed by atoms with Crippen molar-refractivity contribution in [3.05, 3.63) is 35.1 Å². The van der Waals surface area contributed by atoms with Crippen molar-refractivity contribution in [1.82, 2.24) is 5.43 Å². The molecule has 1 heterocycles. The fourth-order valence-electron chi connectivity index (χ4n) is 2.62. The summed E-state index contributed by atoms with van der Waals surface area (Å²) in [6.07, 6.45) is 4.36. The average Bonchev–Trinajstić information content (AvgIpc) is 2.88. The Kier molecular flexibility index (Phi) is 5.39. The highest BCUT2D eigenvalue weighted by molar-refractivity contribution is 5.24. The lowest BCUT2D eigenvalue weighted by atomic mass is 9.98. The van der Waals surface area contributed by atoms with Crippen LogP contribution in [0, 0.1) is 17.5 Å². The van der Waals surface area contributed by atoms with Gasteiger partial charge in [0.15, 0.2) is 0 Å². The Balaban J connectivity index is 1.97. The van der Waals surface area contributed by atoms with Gasteiger partial charge in [0.25, 0.3) is 0 Å². The summed E-state index contributed by atoms with van der Waals surface area (Å²) in [4.78, 5) is 0. The molecule has 20 heavy (non-hydrogen) atoms. The van der Waals surface area contributed by atoms with Crippen LogP contribution in [0.4, 0.5) is 13.2 Å². The first-order valence-electron chi connectivity index (χ1n) is 6.84. The average molecular weight is 288 g/mol. The van der Waals surface area contributed by atoms with Crippen LogP contribution in [0.25, 0.3) is 0 Å². The van der Waals surface area contributed by atoms with Gasteiger partial charge in [0.2, 0.25) is 0 Å². The summed E-state index contributed by atoms with van der Waals surface area (Å²) >= 11 is 0. The molecule has 0 saturated carbocycles. The molecule has 1 fully saturated rings. The van der Waals surface area contributed by atoms with E-state index in [0.29, 0.717) is 18.6 Å². The molecule has 2 atom stereocenters. The third kappa shape index (κ3) is 3.71. The van der Waals surface area contributed by atoms with Crippen molar-refractivity contribution in [2.24, 2.45) is 5.84 Å². The zero-order valence-electron chi connectivity index (χ0n) is 11.2. The Hall–Kier alpha value is -1.11. The van der Waals surface area contributed by atoms with E-state index in [-0.39, 0.29) is 11.7 Å². The number of ether oxygens (including phenoxy) is 1. The van der Waals surface area contributed by atoms with Gasteiger partial charge in [0.1, 0.15) is 17.5 Å². The van der Waals surface area contributed by atoms with Crippen LogP contribution < -0.4 is 11.3 Å². The first-order valence-corrected chi connectivity index (χ1v) is 6.84. The minimum atomic E-state index is -0.932. The number of benzene rings is 1. The summed E-state index contributed by atoms with van der Waals surface area (Å²) in [6.45, 7) is 0.782. The van der Waals surface area contributed by atoms with E-state index in [0.717, 1.165) is 32.3 Å². The molecule has 1 saturated heterocycles. The van der Waals surface area contributed by atoms with Crippen molar-refractivity contribution in [2.45, 2.75) is 44.2 Å². The molecule has 0 bridgehead atoms. The minimum Gasteiger partial charge on any atom is -0.378 e. The number of halogens is 3. The van der Waals surface area contributed by atoms with Crippen LogP contribution in [-0.2, 0) is 4.74 Å². The Bertz CT molecular complexity index is 427. The summed E-state index contributed by atoms with van der Waals surface area (Å²) in [6, 6.07) is 0.670. The van der Waals surface area contributed by atoms with Crippen LogP contribution in [0.15, 0.2) is 12.1 Å². The van der Waals surface area contributed by atoms with Crippen LogP contribution in [-0.4, -0.2) is 12.7 Å². The van der Waals surface area contributed by atoms with Crippen molar-refractivity contribution in [2.75, 3.05) is 6.61 Å². The maximum atomic E-state index is 13.7. The monoisotopic (exact) mass is 288 g/mol. The van der Waals surface area contributed by atoms with Gasteiger partial charge in [-0.1, -0.05) is 0 Å². The predicted octanol–water partition coefficient (Wildman–Crippen LogP) is 2.96. The van der Waals surface area contributed by atoms with Crippen molar-refractivity contribution in [1.29, 1.82) is 0 Å². The van der Waals surface area contributed by atoms with E-state index in [1.165, 1.54) is 0 Å². The van der Waals surface area contributed by atoms with E-state index < -0.39 is 23.5 Å². The molecule has 2 rings (SSSR count). The van der Waals surface area contributed by atoms with Gasteiger partial charge in [0.05, 0.1) is 12.1 Å². The van der Waals surface area contributed by atoms with Crippen LogP contribution in [0.1, 0.15) is 43.7 Å². The predicted molar refractivity (Wildman–Crippen MR) is 69.2 cm³/mol. The maximum absolute atomic E-state index is 13.7. The molecule has 1 aromatic rings. The second-order valence-corrected chi connectivity index (χ2v) is 5.07. The van der Waals surface area contributed by atoms with Crippen LogP contribution >= 0.6 is 0 Å². The van der Waals surface area contributed by atoms with Gasteiger partial charge in [-0.05, 0) is 32.1 Å². The van der Waals surface area contributed by atoms with Gasteiger partial charge >= 0.3 is 0 Å². The van der Waals surface area contributed by atoms with Crippen LogP contribution in [0.2, 0.25) is 0 Å². The lowest BCUT2D eigenvalue weighted by molar-refractivity contribution is 0.101. The molecule has 2 unspecified atom stereocenters. The summed E-state index contributed by atoms with van der Waals surface area (Å²) in [5.41, 5.74) is 2.19. The number of nitrogens with one attached hydrogen (secondary N) is 1. The summed E-state index contributed by atoms with van der Waals surface area (Å²) in [5.74, 6) is 2.61. The number of hydrogen-bond donors (Lipinski definition) is 2. The van der Waals surface area contributed by atoms with Crippen LogP contribution in [0.3, 0.4) is 0 Å². The summed E-state index contributed by atoms with van der Waals surface area (Å²) < 4.78 is 45.7. The van der Waals surface area contributed by atoms with Gasteiger partial charge in [0, 0.05) is 24.3 Å². The van der Waals surface area contributed by atoms with E-state index in [1.54, 1.807) is 0 Å². The molecule has 0 spiro atoms. The lowest BCUT2D eigenvalue weighted by Crippen LogP contribution is -2.29. The highest BCUT2D eigenvalue weighted by Crippen LogP contribution is 2.27. The van der Waals surface area contributed by atoms with Gasteiger partial charge in [-0.25, -0.2) is 13.2 Å². The highest BCUT2D eigenvalue weighted by atomic mass is 19.1. The van der Waals surface area contributed by atoms with Crippen molar-refractivity contribution in [3.8, 4) is 0 Å². The first kappa shape index (κ1) is 15.3. The van der Waals surface area contributed by atoms with E-state index in [2.05, 4.69) is 5.43 Å². The van der Waals surface area contributed by atoms with Gasteiger partial charge in [-0.2, -0.15) is 0 Å². The molecular weight excluding hydrogens is 269 g/mol. The molecule has 112 valence electrons. The maximum Gasteiger partial charge on any atom is 0.133 e. The molecule has 6 heteroatoms. The zero-order chi connectivity index (χ0) is 14.5. The molecule has 1 aromatic carbocycles. The first-order chi connectivity index (χ1) is 9.61. The Labute approximate surface area is 116 Å². The SMILES string of the molecule is NNC(CCCC1CCCO1)c1c(F)cc(F)cc1F. The zero-order valence-corrected chi connectivity index (χ0v) is 11.2. The molecule has 0 amide bonds. The molecule has 3 N–H and O–H groups in total. The minimum absolute atomic E-state index is 0.207. The van der Waals surface area contributed by atoms with Crippen molar-refractivity contribution >= 4 is 0 Å². The third-order valence-electron chi connectivity index (χ3n) is 3.64. The summed E-state index contributed by atoms with van der Waals surface area (Å²) in [5, 5.41) is 0. The molecule has 0 aliphatic carbocycles. The van der Waals surface area contributed by atoms with Gasteiger partial charge in [-0.15, -0.1) is 0 Å². The van der Waals surface area contributed by atoms with E-state index in [4.69, 9.17) is 10.6 Å². The van der Waals surface area contributed by atoms with Crippen molar-refractivity contribution in [3.63, 3.8) is 0 Å². The fourth-order valence-corrected chi connectivity index (χ4v) is 2.62. The molecule has 3 nitrogen and oxygen atoms in total. The highest BCUT2D eigenvalue weighted by Gasteiger charge is 2.21. The number of nitrogens with two attached hydrogens (primary N) is 1. The Morgan fingerprint density at radius 2 is 2.00 bits per heavy atom. The fraction of sp³-hybridized carbons (Fsp3) is 0.571. The van der Waals surface area contributed by atoms with Gasteiger partial charge < -0.3 is 4.74 Å². The Morgan fingerprint density at radius 3 is 2.55 bits per heavy atom. The smallest absolute Gasteiger partial charge is 0.133 e. The second kappa shape index (κ2) is 7.06. The second-order valence-electron chi connectivity index (χ2n) is 5.07. The number of rotatable bonds is 6. The van der Waals surface area contributed by atoms with E-state index >= 15 is 0 Å². The number of hydrogen-bond acceptors (Lipinski definition) is 3. The quantitative estimate of drug-likeness (QED) is 0.625. The normalized spacial score (nSPS) is 20.3. The van der Waals surface area contributed by atoms with Gasteiger partial charge in [-0.3, -0.25) is 11.3 Å². The Morgan fingerprint density at radius 1 is 1.30 bits per heavy atom. The topological polar surface area (TPSA) is 47.3 Å². The molecule has 0 aromatic heterocycles. The molecule has 1 aliphatic rings. The largest absolute Gasteiger partial charge is 0.378 e. The standard InChI is InChI=1S/C14H19F3N2O/c15-9-7-11(16)14(12(17)8-9)13(19-18)5-1-3-10-4-2-6-20-10/h7-8,10,13,19H,1-6,18H2. The number of hydrazine groups is 1. The lowest BCUT2D eigenvalue weighted by Gasteiger charge is -2.18. The molecular formula is C14H19F3N2O. The van der Waals surface area contributed by atoms with Crippen molar-refractivity contribution < 1.29 is 17.9 Å². The van der Waals surface area contributed by atoms with E-state index in [1.807, 2.05) is 0 Å². The molecule has 0 radical (unpaired) electrons. The van der Waals surface area contributed by atoms with Crippen LogP contribution in [0.5, 0.6) is 0 Å². The summed E-state index contributed by atoms with van der Waals surface area (Å²) in [7, 11) is 0. The van der Waals surface area contributed by atoms with E-state index in [9.17, 15) is 13.2 Å². The third-order valence-corrected chi connectivity index (χ3v) is 3.64.